The largest absolute Gasteiger partial charge is 0.493 e. The number of ether oxygens (including phenoxy) is 2. The molecule has 7 heteroatoms. The Balaban J connectivity index is 1.71. The average Bonchev–Trinajstić information content (AvgIpc) is 3.22. The van der Waals surface area contributed by atoms with E-state index in [-0.39, 0.29) is 18.4 Å². The number of methoxy groups -OCH3 is 2. The zero-order chi connectivity index (χ0) is 23.1. The van der Waals surface area contributed by atoms with Crippen LogP contribution in [0.25, 0.3) is 10.9 Å². The number of aromatic nitrogens is 1. The third-order valence-electron chi connectivity index (χ3n) is 6.85. The molecule has 3 heterocycles. The molecule has 0 bridgehead atoms. The van der Waals surface area contributed by atoms with Crippen LogP contribution in [0.1, 0.15) is 42.6 Å². The smallest absolute Gasteiger partial charge is 0.246 e. The fraction of sp³-hybridized carbons (Fsp3) is 0.385. The van der Waals surface area contributed by atoms with E-state index in [1.807, 2.05) is 36.4 Å². The van der Waals surface area contributed by atoms with E-state index in [0.717, 1.165) is 40.6 Å². The van der Waals surface area contributed by atoms with E-state index in [9.17, 15) is 9.59 Å². The maximum Gasteiger partial charge on any atom is 0.246 e. The molecule has 1 fully saturated rings. The van der Waals surface area contributed by atoms with Crippen LogP contribution in [0.4, 0.5) is 0 Å². The van der Waals surface area contributed by atoms with Crippen LogP contribution in [0.3, 0.4) is 0 Å². The van der Waals surface area contributed by atoms with Crippen molar-refractivity contribution in [3.05, 3.63) is 59.3 Å². The predicted molar refractivity (Wildman–Crippen MR) is 126 cm³/mol. The molecule has 2 amide bonds. The van der Waals surface area contributed by atoms with Crippen molar-refractivity contribution >= 4 is 22.7 Å². The van der Waals surface area contributed by atoms with Gasteiger partial charge in [-0.05, 0) is 24.1 Å². The first-order valence-corrected chi connectivity index (χ1v) is 11.5. The summed E-state index contributed by atoms with van der Waals surface area (Å²) in [6.07, 6.45) is 2.36. The SMILES string of the molecule is CCCCN1CC(=O)N2C(c3cccc(OC)c3OC)c3[nH]c4ccccc4c3C[C@H]2C1=O. The summed E-state index contributed by atoms with van der Waals surface area (Å²) in [5.74, 6) is 1.14. The maximum absolute atomic E-state index is 13.6. The number of unbranched alkanes of at least 4 members (excludes halogenated alkanes) is 1. The van der Waals surface area contributed by atoms with Crippen molar-refractivity contribution in [1.82, 2.24) is 14.8 Å². The summed E-state index contributed by atoms with van der Waals surface area (Å²) in [6.45, 7) is 2.81. The number of rotatable bonds is 6. The van der Waals surface area contributed by atoms with Crippen LogP contribution in [-0.4, -0.2) is 59.9 Å². The van der Waals surface area contributed by atoms with Crippen LogP contribution in [0.15, 0.2) is 42.5 Å². The Morgan fingerprint density at radius 3 is 2.64 bits per heavy atom. The second-order valence-electron chi connectivity index (χ2n) is 8.68. The van der Waals surface area contributed by atoms with Gasteiger partial charge >= 0.3 is 0 Å². The van der Waals surface area contributed by atoms with Gasteiger partial charge in [0.05, 0.1) is 20.8 Å². The van der Waals surface area contributed by atoms with E-state index in [1.165, 1.54) is 0 Å². The second kappa shape index (κ2) is 8.46. The topological polar surface area (TPSA) is 74.9 Å². The summed E-state index contributed by atoms with van der Waals surface area (Å²) in [6, 6.07) is 12.8. The number of hydrogen-bond acceptors (Lipinski definition) is 4. The van der Waals surface area contributed by atoms with Crippen LogP contribution in [0, 0.1) is 0 Å². The summed E-state index contributed by atoms with van der Waals surface area (Å²) < 4.78 is 11.3. The van der Waals surface area contributed by atoms with Crippen molar-refractivity contribution in [1.29, 1.82) is 0 Å². The van der Waals surface area contributed by atoms with Gasteiger partial charge in [0.15, 0.2) is 11.5 Å². The van der Waals surface area contributed by atoms with Crippen LogP contribution in [-0.2, 0) is 16.0 Å². The van der Waals surface area contributed by atoms with Gasteiger partial charge in [-0.3, -0.25) is 9.59 Å². The molecule has 2 aliphatic heterocycles. The number of carbonyl (C=O) groups excluding carboxylic acids is 2. The fourth-order valence-electron chi connectivity index (χ4n) is 5.31. The highest BCUT2D eigenvalue weighted by molar-refractivity contribution is 5.97. The number of H-pyrrole nitrogens is 1. The number of piperazine rings is 1. The normalized spacial score (nSPS) is 20.1. The molecule has 0 saturated carbocycles. The van der Waals surface area contributed by atoms with Gasteiger partial charge in [0.1, 0.15) is 12.1 Å². The Hall–Kier alpha value is -3.48. The number of carbonyl (C=O) groups is 2. The first-order valence-electron chi connectivity index (χ1n) is 11.5. The first kappa shape index (κ1) is 21.4. The number of para-hydroxylation sites is 2. The Labute approximate surface area is 193 Å². The highest BCUT2D eigenvalue weighted by Gasteiger charge is 2.48. The van der Waals surface area contributed by atoms with Gasteiger partial charge in [0.2, 0.25) is 11.8 Å². The molecule has 0 aliphatic carbocycles. The number of fused-ring (bicyclic) bond motifs is 4. The fourth-order valence-corrected chi connectivity index (χ4v) is 5.31. The van der Waals surface area contributed by atoms with E-state index in [2.05, 4.69) is 18.0 Å². The second-order valence-corrected chi connectivity index (χ2v) is 8.68. The predicted octanol–water partition coefficient (Wildman–Crippen LogP) is 3.67. The van der Waals surface area contributed by atoms with Gasteiger partial charge in [-0.2, -0.15) is 0 Å². The van der Waals surface area contributed by atoms with Crippen molar-refractivity contribution in [3.63, 3.8) is 0 Å². The Bertz CT molecular complexity index is 1220. The van der Waals surface area contributed by atoms with E-state index >= 15 is 0 Å². The molecular weight excluding hydrogens is 418 g/mol. The first-order chi connectivity index (χ1) is 16.1. The lowest BCUT2D eigenvalue weighted by atomic mass is 9.85. The lowest BCUT2D eigenvalue weighted by Crippen LogP contribution is -2.63. The van der Waals surface area contributed by atoms with Crippen molar-refractivity contribution in [2.75, 3.05) is 27.3 Å². The van der Waals surface area contributed by atoms with E-state index in [0.29, 0.717) is 24.5 Å². The van der Waals surface area contributed by atoms with Crippen molar-refractivity contribution in [2.24, 2.45) is 0 Å². The molecule has 172 valence electrons. The number of amides is 2. The third-order valence-corrected chi connectivity index (χ3v) is 6.85. The minimum absolute atomic E-state index is 0.0193. The molecule has 7 nitrogen and oxygen atoms in total. The van der Waals surface area contributed by atoms with E-state index in [4.69, 9.17) is 9.47 Å². The standard InChI is InChI=1S/C26H29N3O4/c1-4-5-13-28-15-22(30)29-20(26(28)31)14-18-16-9-6-7-11-19(16)27-23(18)24(29)17-10-8-12-21(32-2)25(17)33-3/h6-12,20,24,27H,4-5,13-15H2,1-3H3/t20-,24?/m0/s1. The molecule has 5 rings (SSSR count). The number of hydrogen-bond donors (Lipinski definition) is 1. The monoisotopic (exact) mass is 447 g/mol. The van der Waals surface area contributed by atoms with Crippen molar-refractivity contribution < 1.29 is 19.1 Å². The number of nitrogens with one attached hydrogen (secondary N) is 1. The van der Waals surface area contributed by atoms with E-state index < -0.39 is 12.1 Å². The molecule has 2 aromatic carbocycles. The van der Waals surface area contributed by atoms with Crippen LogP contribution >= 0.6 is 0 Å². The van der Waals surface area contributed by atoms with Crippen LogP contribution in [0.2, 0.25) is 0 Å². The minimum Gasteiger partial charge on any atom is -0.493 e. The molecule has 0 spiro atoms. The molecule has 33 heavy (non-hydrogen) atoms. The summed E-state index contributed by atoms with van der Waals surface area (Å²) in [4.78, 5) is 34.2. The number of aromatic amines is 1. The Morgan fingerprint density at radius 2 is 1.88 bits per heavy atom. The molecule has 1 N–H and O–H groups in total. The Morgan fingerprint density at radius 1 is 1.06 bits per heavy atom. The highest BCUT2D eigenvalue weighted by Crippen LogP contribution is 2.46. The maximum atomic E-state index is 13.6. The summed E-state index contributed by atoms with van der Waals surface area (Å²) in [5, 5.41) is 1.09. The Kier molecular flexibility index (Phi) is 5.48. The van der Waals surface area contributed by atoms with Gasteiger partial charge < -0.3 is 24.3 Å². The minimum atomic E-state index is -0.546. The van der Waals surface area contributed by atoms with Crippen LogP contribution < -0.4 is 9.47 Å². The molecule has 2 atom stereocenters. The summed E-state index contributed by atoms with van der Waals surface area (Å²) in [5.41, 5.74) is 3.82. The summed E-state index contributed by atoms with van der Waals surface area (Å²) >= 11 is 0. The zero-order valence-electron chi connectivity index (χ0n) is 19.3. The van der Waals surface area contributed by atoms with Crippen molar-refractivity contribution in [2.45, 2.75) is 38.3 Å². The quantitative estimate of drug-likeness (QED) is 0.626. The highest BCUT2D eigenvalue weighted by atomic mass is 16.5. The average molecular weight is 448 g/mol. The molecule has 0 radical (unpaired) electrons. The van der Waals surface area contributed by atoms with Gasteiger partial charge in [-0.15, -0.1) is 0 Å². The zero-order valence-corrected chi connectivity index (χ0v) is 19.3. The number of benzene rings is 2. The lowest BCUT2D eigenvalue weighted by Gasteiger charge is -2.47. The van der Waals surface area contributed by atoms with Gasteiger partial charge in [-0.1, -0.05) is 43.7 Å². The summed E-state index contributed by atoms with van der Waals surface area (Å²) in [7, 11) is 3.20. The van der Waals surface area contributed by atoms with Gasteiger partial charge in [0.25, 0.3) is 0 Å². The molecule has 1 saturated heterocycles. The molecular formula is C26H29N3O4. The lowest BCUT2D eigenvalue weighted by molar-refractivity contribution is -0.158. The van der Waals surface area contributed by atoms with Crippen LogP contribution in [0.5, 0.6) is 11.5 Å². The molecule has 1 unspecified atom stereocenters. The van der Waals surface area contributed by atoms with Gasteiger partial charge in [-0.25, -0.2) is 0 Å². The molecule has 3 aromatic rings. The molecule has 2 aliphatic rings. The molecule has 1 aromatic heterocycles. The van der Waals surface area contributed by atoms with E-state index in [1.54, 1.807) is 24.0 Å². The van der Waals surface area contributed by atoms with Gasteiger partial charge in [0, 0.05) is 35.1 Å². The van der Waals surface area contributed by atoms with Crippen molar-refractivity contribution in [3.8, 4) is 11.5 Å². The number of nitrogens with zero attached hydrogens (tertiary/aromatic N) is 2. The third kappa shape index (κ3) is 3.34.